The fourth-order valence-corrected chi connectivity index (χ4v) is 4.36. The Balaban J connectivity index is 1.63. The number of rotatable bonds is 6. The second kappa shape index (κ2) is 9.69. The molecule has 0 saturated heterocycles. The van der Waals surface area contributed by atoms with Crippen molar-refractivity contribution in [1.82, 2.24) is 9.55 Å². The molecule has 0 aliphatic rings. The Labute approximate surface area is 208 Å². The van der Waals surface area contributed by atoms with E-state index in [-0.39, 0.29) is 44.4 Å². The second-order valence-corrected chi connectivity index (χ2v) is 8.53. The highest BCUT2D eigenvalue weighted by Crippen LogP contribution is 2.47. The number of methoxy groups -OCH3 is 1. The molecule has 4 rings (SSSR count). The topological polar surface area (TPSA) is 83.6 Å². The van der Waals surface area contributed by atoms with Gasteiger partial charge >= 0.3 is 17.9 Å². The van der Waals surface area contributed by atoms with Crippen LogP contribution in [0.15, 0.2) is 63.9 Å². The number of halogens is 4. The molecule has 188 valence electrons. The average molecular weight is 521 g/mol. The Morgan fingerprint density at radius 3 is 2.50 bits per heavy atom. The second-order valence-electron chi connectivity index (χ2n) is 8.12. The van der Waals surface area contributed by atoms with Crippen LogP contribution in [0.5, 0.6) is 11.6 Å². The predicted molar refractivity (Wildman–Crippen MR) is 126 cm³/mol. The highest BCUT2D eigenvalue weighted by Gasteiger charge is 2.45. The summed E-state index contributed by atoms with van der Waals surface area (Å²) in [7, 11) is 2.68. The monoisotopic (exact) mass is 520 g/mol. The summed E-state index contributed by atoms with van der Waals surface area (Å²) in [5, 5.41) is 0.0808. The number of alkyl halides is 3. The molecule has 36 heavy (non-hydrogen) atoms. The molecule has 0 bridgehead atoms. The van der Waals surface area contributed by atoms with Gasteiger partial charge in [0.2, 0.25) is 5.88 Å². The van der Waals surface area contributed by atoms with E-state index in [0.29, 0.717) is 0 Å². The number of carbonyl (C=O) groups is 1. The molecule has 2 atom stereocenters. The first kappa shape index (κ1) is 25.3. The maximum Gasteiger partial charge on any atom is 0.419 e. The van der Waals surface area contributed by atoms with Gasteiger partial charge in [0.15, 0.2) is 5.58 Å². The summed E-state index contributed by atoms with van der Waals surface area (Å²) in [6.07, 6.45) is -3.32. The first-order valence-electron chi connectivity index (χ1n) is 10.7. The van der Waals surface area contributed by atoms with Crippen molar-refractivity contribution < 1.29 is 31.9 Å². The average Bonchev–Trinajstić information content (AvgIpc) is 3.11. The Kier molecular flexibility index (Phi) is 6.81. The molecule has 2 heterocycles. The van der Waals surface area contributed by atoms with E-state index >= 15 is 0 Å². The van der Waals surface area contributed by atoms with Gasteiger partial charge < -0.3 is 13.9 Å². The normalized spacial score (nSPS) is 13.4. The maximum atomic E-state index is 14.3. The van der Waals surface area contributed by atoms with Crippen LogP contribution in [-0.4, -0.2) is 28.8 Å². The van der Waals surface area contributed by atoms with Gasteiger partial charge in [-0.15, -0.1) is 0 Å². The molecular weight excluding hydrogens is 501 g/mol. The van der Waals surface area contributed by atoms with Gasteiger partial charge in [0, 0.05) is 24.3 Å². The molecule has 2 aromatic carbocycles. The fraction of sp³-hybridized carbons (Fsp3) is 0.240. The zero-order chi connectivity index (χ0) is 26.2. The lowest BCUT2D eigenvalue weighted by molar-refractivity contribution is -0.154. The van der Waals surface area contributed by atoms with Gasteiger partial charge in [0.05, 0.1) is 24.1 Å². The summed E-state index contributed by atoms with van der Waals surface area (Å²) < 4.78 is 59.2. The number of hydrogen-bond acceptors (Lipinski definition) is 6. The van der Waals surface area contributed by atoms with E-state index in [1.165, 1.54) is 75.8 Å². The first-order chi connectivity index (χ1) is 17.0. The minimum Gasteiger partial charge on any atom is -0.465 e. The SMILES string of the molecule is COC(=O)c1ccc(Oc2ccc(C(C)C(c3ccc4oc(=O)n(C)c4c3)C(F)(F)F)c(Cl)c2)nc1. The number of benzene rings is 2. The van der Waals surface area contributed by atoms with Crippen LogP contribution in [0.2, 0.25) is 5.02 Å². The van der Waals surface area contributed by atoms with Crippen LogP contribution in [0.4, 0.5) is 13.2 Å². The van der Waals surface area contributed by atoms with E-state index in [1.807, 2.05) is 0 Å². The van der Waals surface area contributed by atoms with Crippen molar-refractivity contribution in [3.05, 3.63) is 87.0 Å². The van der Waals surface area contributed by atoms with Gasteiger partial charge in [0.25, 0.3) is 0 Å². The van der Waals surface area contributed by atoms with Crippen LogP contribution in [0.3, 0.4) is 0 Å². The highest BCUT2D eigenvalue weighted by atomic mass is 35.5. The number of carbonyl (C=O) groups excluding carboxylic acids is 1. The molecule has 0 N–H and O–H groups in total. The largest absolute Gasteiger partial charge is 0.465 e. The Morgan fingerprint density at radius 2 is 1.89 bits per heavy atom. The zero-order valence-corrected chi connectivity index (χ0v) is 20.1. The quantitative estimate of drug-likeness (QED) is 0.281. The summed E-state index contributed by atoms with van der Waals surface area (Å²) in [6.45, 7) is 1.44. The van der Waals surface area contributed by atoms with Crippen molar-refractivity contribution in [2.24, 2.45) is 7.05 Å². The molecule has 11 heteroatoms. The molecule has 0 aliphatic carbocycles. The van der Waals surface area contributed by atoms with Gasteiger partial charge in [-0.2, -0.15) is 13.2 Å². The van der Waals surface area contributed by atoms with Crippen molar-refractivity contribution in [2.75, 3.05) is 7.11 Å². The first-order valence-corrected chi connectivity index (χ1v) is 11.0. The molecule has 4 aromatic rings. The summed E-state index contributed by atoms with van der Waals surface area (Å²) in [4.78, 5) is 27.3. The van der Waals surface area contributed by atoms with Crippen molar-refractivity contribution in [3.8, 4) is 11.6 Å². The number of aryl methyl sites for hydroxylation is 1. The molecule has 0 spiro atoms. The number of fused-ring (bicyclic) bond motifs is 1. The summed E-state index contributed by atoms with van der Waals surface area (Å²) in [6, 6.07) is 11.2. The Hall–Kier alpha value is -3.79. The van der Waals surface area contributed by atoms with Gasteiger partial charge in [-0.25, -0.2) is 14.6 Å². The zero-order valence-electron chi connectivity index (χ0n) is 19.3. The number of aromatic nitrogens is 2. The summed E-state index contributed by atoms with van der Waals surface area (Å²) in [5.74, 6) is -3.76. The highest BCUT2D eigenvalue weighted by molar-refractivity contribution is 6.31. The van der Waals surface area contributed by atoms with Crippen LogP contribution in [0, 0.1) is 0 Å². The number of nitrogens with zero attached hydrogens (tertiary/aromatic N) is 2. The number of oxazole rings is 1. The van der Waals surface area contributed by atoms with E-state index in [9.17, 15) is 22.8 Å². The lowest BCUT2D eigenvalue weighted by Crippen LogP contribution is -2.26. The fourth-order valence-electron chi connectivity index (χ4n) is 4.02. The summed E-state index contributed by atoms with van der Waals surface area (Å²) in [5.41, 5.74) is 0.942. The van der Waals surface area contributed by atoms with E-state index < -0.39 is 29.7 Å². The number of hydrogen-bond donors (Lipinski definition) is 0. The molecule has 0 fully saturated rings. The third kappa shape index (κ3) is 4.94. The smallest absolute Gasteiger partial charge is 0.419 e. The molecule has 2 unspecified atom stereocenters. The molecule has 7 nitrogen and oxygen atoms in total. The van der Waals surface area contributed by atoms with Gasteiger partial charge in [0.1, 0.15) is 5.75 Å². The summed E-state index contributed by atoms with van der Waals surface area (Å²) >= 11 is 6.39. The molecule has 0 amide bonds. The number of pyridine rings is 1. The maximum absolute atomic E-state index is 14.3. The van der Waals surface area contributed by atoms with E-state index in [1.54, 1.807) is 0 Å². The van der Waals surface area contributed by atoms with Crippen LogP contribution in [0.25, 0.3) is 11.1 Å². The minimum atomic E-state index is -4.60. The van der Waals surface area contributed by atoms with Crippen molar-refractivity contribution in [1.29, 1.82) is 0 Å². The van der Waals surface area contributed by atoms with Crippen LogP contribution < -0.4 is 10.5 Å². The van der Waals surface area contributed by atoms with Gasteiger partial charge in [-0.3, -0.25) is 4.57 Å². The van der Waals surface area contributed by atoms with Gasteiger partial charge in [-0.1, -0.05) is 30.7 Å². The van der Waals surface area contributed by atoms with Crippen LogP contribution in [0.1, 0.15) is 40.2 Å². The van der Waals surface area contributed by atoms with Gasteiger partial charge in [-0.05, 0) is 47.4 Å². The Bertz CT molecular complexity index is 1480. The lowest BCUT2D eigenvalue weighted by Gasteiger charge is -2.28. The molecule has 2 aromatic heterocycles. The minimum absolute atomic E-state index is 0.0230. The van der Waals surface area contributed by atoms with Crippen molar-refractivity contribution in [3.63, 3.8) is 0 Å². The lowest BCUT2D eigenvalue weighted by atomic mass is 9.82. The predicted octanol–water partition coefficient (Wildman–Crippen LogP) is 6.21. The Morgan fingerprint density at radius 1 is 1.14 bits per heavy atom. The van der Waals surface area contributed by atoms with Crippen molar-refractivity contribution >= 4 is 28.7 Å². The standard InChI is InChI=1S/C25H20ClF3N2O5/c1-13(22(25(27,28)29)14-4-8-20-19(10-14)31(2)24(33)36-20)17-7-6-16(11-18(17)26)35-21-9-5-15(12-30-21)23(32)34-3/h4-13,22H,1-3H3. The molecule has 0 saturated carbocycles. The molecular formula is C25H20ClF3N2O5. The van der Waals surface area contributed by atoms with E-state index in [4.69, 9.17) is 20.8 Å². The van der Waals surface area contributed by atoms with E-state index in [0.717, 1.165) is 4.57 Å². The third-order valence-corrected chi connectivity index (χ3v) is 6.20. The van der Waals surface area contributed by atoms with Crippen LogP contribution in [-0.2, 0) is 11.8 Å². The molecule has 0 radical (unpaired) electrons. The molecule has 0 aliphatic heterocycles. The van der Waals surface area contributed by atoms with Crippen LogP contribution >= 0.6 is 11.6 Å². The van der Waals surface area contributed by atoms with E-state index in [2.05, 4.69) is 9.72 Å². The van der Waals surface area contributed by atoms with Crippen molar-refractivity contribution in [2.45, 2.75) is 24.9 Å². The number of esters is 1. The third-order valence-electron chi connectivity index (χ3n) is 5.87. The number of ether oxygens (including phenoxy) is 2.